The van der Waals surface area contributed by atoms with Gasteiger partial charge in [-0.25, -0.2) is 4.98 Å². The van der Waals surface area contributed by atoms with Crippen LogP contribution in [-0.4, -0.2) is 42.2 Å². The zero-order valence-corrected chi connectivity index (χ0v) is 14.8. The maximum absolute atomic E-state index is 12.7. The number of hydrogen-bond donors (Lipinski definition) is 1. The van der Waals surface area contributed by atoms with Crippen LogP contribution in [0.2, 0.25) is 0 Å². The molecule has 3 heterocycles. The molecule has 2 aromatic heterocycles. The summed E-state index contributed by atoms with van der Waals surface area (Å²) in [6.07, 6.45) is 4.21. The first-order chi connectivity index (χ1) is 11.6. The summed E-state index contributed by atoms with van der Waals surface area (Å²) in [4.78, 5) is 23.5. The van der Waals surface area contributed by atoms with Crippen molar-refractivity contribution in [1.29, 1.82) is 0 Å². The Balaban J connectivity index is 1.77. The highest BCUT2D eigenvalue weighted by Gasteiger charge is 2.30. The molecule has 1 saturated heterocycles. The van der Waals surface area contributed by atoms with Crippen LogP contribution < -0.4 is 10.2 Å². The van der Waals surface area contributed by atoms with Gasteiger partial charge in [-0.3, -0.25) is 9.78 Å². The fourth-order valence-electron chi connectivity index (χ4n) is 2.67. The van der Waals surface area contributed by atoms with Crippen molar-refractivity contribution in [2.45, 2.75) is 25.8 Å². The number of anilines is 1. The molecule has 1 aliphatic rings. The molecule has 7 heteroatoms. The van der Waals surface area contributed by atoms with Gasteiger partial charge in [0.15, 0.2) is 0 Å². The minimum absolute atomic E-state index is 0.176. The zero-order valence-electron chi connectivity index (χ0n) is 14.0. The summed E-state index contributed by atoms with van der Waals surface area (Å²) in [5, 5.41) is 5.92. The van der Waals surface area contributed by atoms with Crippen LogP contribution in [0.25, 0.3) is 0 Å². The van der Waals surface area contributed by atoms with Gasteiger partial charge in [-0.15, -0.1) is 11.3 Å². The van der Waals surface area contributed by atoms with E-state index < -0.39 is 5.54 Å². The van der Waals surface area contributed by atoms with E-state index in [2.05, 4.69) is 20.2 Å². The third-order valence-corrected chi connectivity index (χ3v) is 5.39. The summed E-state index contributed by atoms with van der Waals surface area (Å²) in [6, 6.07) is 3.78. The number of pyridine rings is 1. The van der Waals surface area contributed by atoms with Gasteiger partial charge < -0.3 is 15.0 Å². The van der Waals surface area contributed by atoms with Crippen LogP contribution in [0.4, 0.5) is 5.69 Å². The Labute approximate surface area is 145 Å². The standard InChI is InChI=1S/C17H22N4O2S/c1-3-17(2,16-19-6-11-24-16)20-15(22)14-12-13(4-5-18-14)21-7-9-23-10-8-21/h4-6,11-12H,3,7-10H2,1-2H3,(H,20,22)/t17-/m0/s1. The van der Waals surface area contributed by atoms with E-state index in [-0.39, 0.29) is 5.91 Å². The Hall–Kier alpha value is -1.99. The van der Waals surface area contributed by atoms with Crippen molar-refractivity contribution >= 4 is 22.9 Å². The molecule has 0 unspecified atom stereocenters. The van der Waals surface area contributed by atoms with Crippen LogP contribution in [0.15, 0.2) is 29.9 Å². The molecular formula is C17H22N4O2S. The molecule has 0 bridgehead atoms. The predicted octanol–water partition coefficient (Wildman–Crippen LogP) is 2.43. The minimum atomic E-state index is -0.484. The van der Waals surface area contributed by atoms with Crippen molar-refractivity contribution in [1.82, 2.24) is 15.3 Å². The van der Waals surface area contributed by atoms with Gasteiger partial charge >= 0.3 is 0 Å². The van der Waals surface area contributed by atoms with Gasteiger partial charge in [0.1, 0.15) is 10.7 Å². The molecule has 24 heavy (non-hydrogen) atoms. The number of nitrogens with one attached hydrogen (secondary N) is 1. The van der Waals surface area contributed by atoms with Crippen LogP contribution in [0.3, 0.4) is 0 Å². The van der Waals surface area contributed by atoms with Crippen LogP contribution in [0.5, 0.6) is 0 Å². The molecule has 3 rings (SSSR count). The van der Waals surface area contributed by atoms with Gasteiger partial charge in [-0.2, -0.15) is 0 Å². The first kappa shape index (κ1) is 16.9. The maximum Gasteiger partial charge on any atom is 0.270 e. The summed E-state index contributed by atoms with van der Waals surface area (Å²) in [5.41, 5.74) is 0.947. The normalized spacial score (nSPS) is 17.3. The maximum atomic E-state index is 12.7. The topological polar surface area (TPSA) is 67.4 Å². The molecule has 0 aromatic carbocycles. The highest BCUT2D eigenvalue weighted by atomic mass is 32.1. The zero-order chi connectivity index (χ0) is 17.0. The Morgan fingerprint density at radius 1 is 1.38 bits per heavy atom. The second-order valence-electron chi connectivity index (χ2n) is 5.98. The van der Waals surface area contributed by atoms with Crippen molar-refractivity contribution in [3.8, 4) is 0 Å². The monoisotopic (exact) mass is 346 g/mol. The molecular weight excluding hydrogens is 324 g/mol. The van der Waals surface area contributed by atoms with Crippen LogP contribution in [0, 0.1) is 0 Å². The molecule has 1 amide bonds. The van der Waals surface area contributed by atoms with Crippen molar-refractivity contribution in [2.24, 2.45) is 0 Å². The number of amides is 1. The number of thiazole rings is 1. The van der Waals surface area contributed by atoms with Gasteiger partial charge in [0.25, 0.3) is 5.91 Å². The Kier molecular flexibility index (Phi) is 5.11. The molecule has 1 fully saturated rings. The Morgan fingerprint density at radius 2 is 2.17 bits per heavy atom. The molecule has 1 atom stereocenters. The van der Waals surface area contributed by atoms with E-state index in [1.807, 2.05) is 31.4 Å². The summed E-state index contributed by atoms with van der Waals surface area (Å²) >= 11 is 1.55. The highest BCUT2D eigenvalue weighted by molar-refractivity contribution is 7.09. The number of rotatable bonds is 5. The van der Waals surface area contributed by atoms with Gasteiger partial charge in [0, 0.05) is 36.6 Å². The molecule has 6 nitrogen and oxygen atoms in total. The van der Waals surface area contributed by atoms with Gasteiger partial charge in [0.2, 0.25) is 0 Å². The fourth-order valence-corrected chi connectivity index (χ4v) is 3.49. The molecule has 128 valence electrons. The molecule has 0 saturated carbocycles. The second-order valence-corrected chi connectivity index (χ2v) is 6.87. The summed E-state index contributed by atoms with van der Waals surface area (Å²) in [5.74, 6) is -0.176. The predicted molar refractivity (Wildman–Crippen MR) is 94.5 cm³/mol. The van der Waals surface area contributed by atoms with Crippen molar-refractivity contribution in [3.05, 3.63) is 40.6 Å². The van der Waals surface area contributed by atoms with Gasteiger partial charge in [-0.05, 0) is 25.5 Å². The van der Waals surface area contributed by atoms with Crippen LogP contribution in [0.1, 0.15) is 35.8 Å². The lowest BCUT2D eigenvalue weighted by molar-refractivity contribution is 0.0896. The average molecular weight is 346 g/mol. The van der Waals surface area contributed by atoms with Crippen LogP contribution in [-0.2, 0) is 10.3 Å². The van der Waals surface area contributed by atoms with E-state index in [1.165, 1.54) is 0 Å². The van der Waals surface area contributed by atoms with Crippen molar-refractivity contribution < 1.29 is 9.53 Å². The summed E-state index contributed by atoms with van der Waals surface area (Å²) in [6.45, 7) is 7.12. The Morgan fingerprint density at radius 3 is 2.83 bits per heavy atom. The molecule has 0 spiro atoms. The lowest BCUT2D eigenvalue weighted by atomic mass is 9.99. The number of hydrogen-bond acceptors (Lipinski definition) is 6. The molecule has 1 aliphatic heterocycles. The highest BCUT2D eigenvalue weighted by Crippen LogP contribution is 2.27. The van der Waals surface area contributed by atoms with Crippen molar-refractivity contribution in [2.75, 3.05) is 31.2 Å². The third kappa shape index (κ3) is 3.57. The molecule has 0 radical (unpaired) electrons. The molecule has 1 N–H and O–H groups in total. The van der Waals surface area contributed by atoms with E-state index in [1.54, 1.807) is 23.7 Å². The number of nitrogens with zero attached hydrogens (tertiary/aromatic N) is 3. The van der Waals surface area contributed by atoms with E-state index >= 15 is 0 Å². The second kappa shape index (κ2) is 7.27. The van der Waals surface area contributed by atoms with Gasteiger partial charge in [-0.1, -0.05) is 6.92 Å². The van der Waals surface area contributed by atoms with E-state index in [4.69, 9.17) is 4.74 Å². The summed E-state index contributed by atoms with van der Waals surface area (Å²) in [7, 11) is 0. The van der Waals surface area contributed by atoms with E-state index in [9.17, 15) is 4.79 Å². The largest absolute Gasteiger partial charge is 0.378 e. The van der Waals surface area contributed by atoms with E-state index in [0.29, 0.717) is 18.9 Å². The first-order valence-electron chi connectivity index (χ1n) is 8.13. The lowest BCUT2D eigenvalue weighted by Crippen LogP contribution is -2.43. The van der Waals surface area contributed by atoms with E-state index in [0.717, 1.165) is 30.2 Å². The quantitative estimate of drug-likeness (QED) is 0.901. The number of aromatic nitrogens is 2. The smallest absolute Gasteiger partial charge is 0.270 e. The number of carbonyl (C=O) groups excluding carboxylic acids is 1. The molecule has 0 aliphatic carbocycles. The lowest BCUT2D eigenvalue weighted by Gasteiger charge is -2.29. The first-order valence-corrected chi connectivity index (χ1v) is 9.01. The SMILES string of the molecule is CC[C@](C)(NC(=O)c1cc(N2CCOCC2)ccn1)c1nccs1. The molecule has 2 aromatic rings. The van der Waals surface area contributed by atoms with Crippen LogP contribution >= 0.6 is 11.3 Å². The number of morpholine rings is 1. The average Bonchev–Trinajstić information content (AvgIpc) is 3.18. The number of carbonyl (C=O) groups is 1. The van der Waals surface area contributed by atoms with Crippen molar-refractivity contribution in [3.63, 3.8) is 0 Å². The third-order valence-electron chi connectivity index (χ3n) is 4.35. The summed E-state index contributed by atoms with van der Waals surface area (Å²) < 4.78 is 5.38. The van der Waals surface area contributed by atoms with Gasteiger partial charge in [0.05, 0.1) is 18.8 Å². The fraction of sp³-hybridized carbons (Fsp3) is 0.471. The number of ether oxygens (including phenoxy) is 1. The Bertz CT molecular complexity index is 686. The minimum Gasteiger partial charge on any atom is -0.378 e.